The van der Waals surface area contributed by atoms with Crippen molar-refractivity contribution in [3.8, 4) is 11.4 Å². The molecule has 0 spiro atoms. The summed E-state index contributed by atoms with van der Waals surface area (Å²) in [6, 6.07) is 5.63. The lowest BCUT2D eigenvalue weighted by Gasteiger charge is -2.15. The minimum absolute atomic E-state index is 0.00287. The average molecular weight is 360 g/mol. The molecule has 0 radical (unpaired) electrons. The first kappa shape index (κ1) is 17.3. The molecule has 0 bridgehead atoms. The molecule has 8 heteroatoms. The van der Waals surface area contributed by atoms with E-state index >= 15 is 0 Å². The van der Waals surface area contributed by atoms with Crippen molar-refractivity contribution in [3.05, 3.63) is 41.7 Å². The molecule has 0 aromatic carbocycles. The number of hydrogen-bond donors (Lipinski definition) is 0. The van der Waals surface area contributed by atoms with Gasteiger partial charge < -0.3 is 18.3 Å². The van der Waals surface area contributed by atoms with Crippen LogP contribution < -0.4 is 0 Å². The molecular formula is C17H20N4O3S. The van der Waals surface area contributed by atoms with Crippen LogP contribution in [0.5, 0.6) is 0 Å². The molecule has 0 N–H and O–H groups in total. The molecule has 0 fully saturated rings. The summed E-state index contributed by atoms with van der Waals surface area (Å²) in [4.78, 5) is 14.0. The number of carbonyl (C=O) groups is 1. The van der Waals surface area contributed by atoms with E-state index in [1.54, 1.807) is 18.2 Å². The second-order valence-electron chi connectivity index (χ2n) is 5.81. The summed E-state index contributed by atoms with van der Waals surface area (Å²) in [6.07, 6.45) is 1.63. The van der Waals surface area contributed by atoms with Crippen molar-refractivity contribution in [1.82, 2.24) is 19.7 Å². The lowest BCUT2D eigenvalue weighted by atomic mass is 10.2. The van der Waals surface area contributed by atoms with E-state index in [9.17, 15) is 4.79 Å². The van der Waals surface area contributed by atoms with E-state index in [1.807, 2.05) is 43.7 Å². The highest BCUT2D eigenvalue weighted by Gasteiger charge is 2.17. The molecule has 0 aliphatic carbocycles. The van der Waals surface area contributed by atoms with Crippen LogP contribution in [0.1, 0.15) is 17.3 Å². The van der Waals surface area contributed by atoms with Gasteiger partial charge in [-0.1, -0.05) is 11.8 Å². The van der Waals surface area contributed by atoms with E-state index in [4.69, 9.17) is 8.83 Å². The first-order chi connectivity index (χ1) is 12.0. The molecule has 0 unspecified atom stereocenters. The Morgan fingerprint density at radius 2 is 2.08 bits per heavy atom. The molecule has 3 heterocycles. The largest absolute Gasteiger partial charge is 0.469 e. The standard InChI is InChI=1S/C17H20N4O3S/c1-11-5-6-13(24-11)9-20(3)15(22)10-25-17-19-18-16(21(17)4)14-7-8-23-12(14)2/h5-8H,9-10H2,1-4H3. The molecule has 3 aromatic rings. The highest BCUT2D eigenvalue weighted by atomic mass is 32.2. The third-order valence-electron chi connectivity index (χ3n) is 3.87. The van der Waals surface area contributed by atoms with Gasteiger partial charge in [0.15, 0.2) is 11.0 Å². The van der Waals surface area contributed by atoms with Crippen LogP contribution >= 0.6 is 11.8 Å². The number of rotatable bonds is 6. The van der Waals surface area contributed by atoms with Crippen molar-refractivity contribution in [2.75, 3.05) is 12.8 Å². The highest BCUT2D eigenvalue weighted by molar-refractivity contribution is 7.99. The van der Waals surface area contributed by atoms with Crippen LogP contribution in [0.25, 0.3) is 11.4 Å². The second kappa shape index (κ2) is 7.18. The zero-order valence-corrected chi connectivity index (χ0v) is 15.5. The maximum absolute atomic E-state index is 12.3. The number of nitrogens with zero attached hydrogens (tertiary/aromatic N) is 4. The summed E-state index contributed by atoms with van der Waals surface area (Å²) in [5.74, 6) is 3.41. The van der Waals surface area contributed by atoms with Crippen LogP contribution in [-0.4, -0.2) is 38.4 Å². The number of furan rings is 2. The summed E-state index contributed by atoms with van der Waals surface area (Å²) < 4.78 is 12.7. The van der Waals surface area contributed by atoms with Crippen LogP contribution in [0.2, 0.25) is 0 Å². The third-order valence-corrected chi connectivity index (χ3v) is 4.88. The predicted octanol–water partition coefficient (Wildman–Crippen LogP) is 3.04. The molecule has 3 rings (SSSR count). The van der Waals surface area contributed by atoms with Crippen LogP contribution in [-0.2, 0) is 18.4 Å². The van der Waals surface area contributed by atoms with E-state index < -0.39 is 0 Å². The minimum atomic E-state index is 0.00287. The van der Waals surface area contributed by atoms with Gasteiger partial charge in [-0.3, -0.25) is 4.79 Å². The number of carbonyl (C=O) groups excluding carboxylic acids is 1. The number of amides is 1. The zero-order chi connectivity index (χ0) is 18.0. The summed E-state index contributed by atoms with van der Waals surface area (Å²) in [7, 11) is 3.64. The lowest BCUT2D eigenvalue weighted by Crippen LogP contribution is -2.27. The molecule has 132 valence electrons. The van der Waals surface area contributed by atoms with E-state index in [0.29, 0.717) is 11.7 Å². The Morgan fingerprint density at radius 3 is 2.72 bits per heavy atom. The molecule has 0 aliphatic heterocycles. The molecule has 0 saturated carbocycles. The Balaban J connectivity index is 1.61. The molecule has 7 nitrogen and oxygen atoms in total. The fourth-order valence-electron chi connectivity index (χ4n) is 2.42. The molecule has 25 heavy (non-hydrogen) atoms. The number of thioether (sulfide) groups is 1. The smallest absolute Gasteiger partial charge is 0.233 e. The van der Waals surface area contributed by atoms with Crippen LogP contribution in [0, 0.1) is 13.8 Å². The molecule has 0 saturated heterocycles. The third kappa shape index (κ3) is 3.79. The summed E-state index contributed by atoms with van der Waals surface area (Å²) in [5.41, 5.74) is 0.901. The van der Waals surface area contributed by atoms with Gasteiger partial charge >= 0.3 is 0 Å². The second-order valence-corrected chi connectivity index (χ2v) is 6.75. The van der Waals surface area contributed by atoms with E-state index in [-0.39, 0.29) is 11.7 Å². The van der Waals surface area contributed by atoms with Crippen molar-refractivity contribution in [2.45, 2.75) is 25.5 Å². The van der Waals surface area contributed by atoms with Gasteiger partial charge in [-0.05, 0) is 32.0 Å². The minimum Gasteiger partial charge on any atom is -0.469 e. The summed E-state index contributed by atoms with van der Waals surface area (Å²) in [6.45, 7) is 4.21. The quantitative estimate of drug-likeness (QED) is 0.629. The van der Waals surface area contributed by atoms with Gasteiger partial charge in [0.05, 0.1) is 24.1 Å². The van der Waals surface area contributed by atoms with Gasteiger partial charge in [-0.15, -0.1) is 10.2 Å². The lowest BCUT2D eigenvalue weighted by molar-refractivity contribution is -0.127. The van der Waals surface area contributed by atoms with Crippen molar-refractivity contribution < 1.29 is 13.6 Å². The summed E-state index contributed by atoms with van der Waals surface area (Å²) in [5, 5.41) is 9.07. The number of aryl methyl sites for hydroxylation is 2. The Morgan fingerprint density at radius 1 is 1.28 bits per heavy atom. The predicted molar refractivity (Wildman–Crippen MR) is 94.1 cm³/mol. The van der Waals surface area contributed by atoms with Crippen molar-refractivity contribution >= 4 is 17.7 Å². The maximum Gasteiger partial charge on any atom is 0.233 e. The van der Waals surface area contributed by atoms with E-state index in [2.05, 4.69) is 10.2 Å². The Labute approximate surface area is 150 Å². The molecular weight excluding hydrogens is 340 g/mol. The van der Waals surface area contributed by atoms with E-state index in [1.165, 1.54) is 11.8 Å². The topological polar surface area (TPSA) is 77.3 Å². The van der Waals surface area contributed by atoms with Crippen molar-refractivity contribution in [3.63, 3.8) is 0 Å². The molecule has 1 amide bonds. The molecule has 0 atom stereocenters. The van der Waals surface area contributed by atoms with Gasteiger partial charge in [-0.2, -0.15) is 0 Å². The fourth-order valence-corrected chi connectivity index (χ4v) is 3.27. The van der Waals surface area contributed by atoms with Crippen LogP contribution in [0.15, 0.2) is 38.5 Å². The Bertz CT molecular complexity index is 880. The van der Waals surface area contributed by atoms with Gasteiger partial charge in [0.25, 0.3) is 0 Å². The number of hydrogen-bond acceptors (Lipinski definition) is 6. The Kier molecular flexibility index (Phi) is 4.98. The normalized spacial score (nSPS) is 11.0. The first-order valence-corrected chi connectivity index (χ1v) is 8.80. The summed E-state index contributed by atoms with van der Waals surface area (Å²) >= 11 is 1.36. The van der Waals surface area contributed by atoms with Gasteiger partial charge in [0.2, 0.25) is 5.91 Å². The zero-order valence-electron chi connectivity index (χ0n) is 14.6. The van der Waals surface area contributed by atoms with Crippen LogP contribution in [0.4, 0.5) is 0 Å². The van der Waals surface area contributed by atoms with E-state index in [0.717, 1.165) is 28.7 Å². The maximum atomic E-state index is 12.3. The van der Waals surface area contributed by atoms with Crippen molar-refractivity contribution in [2.24, 2.45) is 7.05 Å². The average Bonchev–Trinajstić information content (AvgIpc) is 3.26. The monoisotopic (exact) mass is 360 g/mol. The Hall–Kier alpha value is -2.48. The first-order valence-electron chi connectivity index (χ1n) is 7.81. The van der Waals surface area contributed by atoms with Gasteiger partial charge in [-0.25, -0.2) is 0 Å². The molecule has 3 aromatic heterocycles. The SMILES string of the molecule is Cc1ccc(CN(C)C(=O)CSc2nnc(-c3ccoc3C)n2C)o1. The highest BCUT2D eigenvalue weighted by Crippen LogP contribution is 2.26. The number of aromatic nitrogens is 3. The van der Waals surface area contributed by atoms with Crippen LogP contribution in [0.3, 0.4) is 0 Å². The molecule has 0 aliphatic rings. The van der Waals surface area contributed by atoms with Crippen molar-refractivity contribution in [1.29, 1.82) is 0 Å². The fraction of sp³-hybridized carbons (Fsp3) is 0.353. The van der Waals surface area contributed by atoms with Gasteiger partial charge in [0.1, 0.15) is 17.3 Å². The van der Waals surface area contributed by atoms with Gasteiger partial charge in [0, 0.05) is 14.1 Å².